The molecule has 1 amide bonds. The summed E-state index contributed by atoms with van der Waals surface area (Å²) in [5.41, 5.74) is 7.07. The van der Waals surface area contributed by atoms with Crippen LogP contribution in [0.1, 0.15) is 41.6 Å². The molecule has 0 atom stereocenters. The lowest BCUT2D eigenvalue weighted by Gasteiger charge is -2.18. The zero-order chi connectivity index (χ0) is 12.5. The number of carbonyl (C=O) groups is 1. The highest BCUT2D eigenvalue weighted by Crippen LogP contribution is 2.44. The van der Waals surface area contributed by atoms with Crippen LogP contribution < -0.4 is 11.1 Å². The lowest BCUT2D eigenvalue weighted by Crippen LogP contribution is -2.33. The van der Waals surface area contributed by atoms with Crippen LogP contribution in [-0.4, -0.2) is 11.9 Å². The number of amides is 1. The quantitative estimate of drug-likeness (QED) is 0.804. The Morgan fingerprint density at radius 2 is 1.83 bits per heavy atom. The molecule has 1 aromatic rings. The van der Waals surface area contributed by atoms with Crippen LogP contribution in [0.2, 0.25) is 0 Å². The van der Waals surface area contributed by atoms with E-state index in [4.69, 9.17) is 5.73 Å². The summed E-state index contributed by atoms with van der Waals surface area (Å²) in [5.74, 6) is 1.42. The molecule has 2 aliphatic rings. The third-order valence-electron chi connectivity index (χ3n) is 4.07. The number of nitrogens with one attached hydrogen (secondary N) is 1. The number of nitrogens with two attached hydrogens (primary N) is 1. The van der Waals surface area contributed by atoms with Gasteiger partial charge in [-0.25, -0.2) is 0 Å². The molecular weight excluding hydrogens is 224 g/mol. The van der Waals surface area contributed by atoms with Gasteiger partial charge in [0.2, 0.25) is 5.91 Å². The van der Waals surface area contributed by atoms with Gasteiger partial charge in [0, 0.05) is 18.2 Å². The normalized spacial score (nSPS) is 19.2. The van der Waals surface area contributed by atoms with E-state index in [1.807, 2.05) is 24.3 Å². The van der Waals surface area contributed by atoms with Crippen molar-refractivity contribution in [3.63, 3.8) is 0 Å². The van der Waals surface area contributed by atoms with Gasteiger partial charge in [0.15, 0.2) is 0 Å². The van der Waals surface area contributed by atoms with Gasteiger partial charge in [-0.15, -0.1) is 0 Å². The number of benzene rings is 1. The zero-order valence-corrected chi connectivity index (χ0v) is 10.6. The van der Waals surface area contributed by atoms with Crippen LogP contribution in [0.4, 0.5) is 0 Å². The Labute approximate surface area is 108 Å². The molecule has 0 unspecified atom stereocenters. The molecule has 3 rings (SSSR count). The summed E-state index contributed by atoms with van der Waals surface area (Å²) >= 11 is 0. The van der Waals surface area contributed by atoms with Crippen molar-refractivity contribution in [1.29, 1.82) is 0 Å². The minimum absolute atomic E-state index is 0.332. The summed E-state index contributed by atoms with van der Waals surface area (Å²) in [4.78, 5) is 11.4. The second-order valence-electron chi connectivity index (χ2n) is 5.60. The van der Waals surface area contributed by atoms with E-state index in [-0.39, 0.29) is 5.91 Å². The van der Waals surface area contributed by atoms with E-state index in [2.05, 4.69) is 5.32 Å². The van der Waals surface area contributed by atoms with Crippen molar-refractivity contribution in [2.24, 2.45) is 17.6 Å². The van der Waals surface area contributed by atoms with Gasteiger partial charge >= 0.3 is 0 Å². The molecule has 0 aromatic heterocycles. The van der Waals surface area contributed by atoms with Crippen molar-refractivity contribution >= 4 is 5.91 Å². The molecular formula is C15H20N2O. The second kappa shape index (κ2) is 4.73. The maximum absolute atomic E-state index is 11.4. The smallest absolute Gasteiger partial charge is 0.249 e. The minimum Gasteiger partial charge on any atom is -0.366 e. The fourth-order valence-electron chi connectivity index (χ4n) is 2.77. The Bertz CT molecular complexity index is 438. The molecule has 0 heterocycles. The fraction of sp³-hybridized carbons (Fsp3) is 0.533. The maximum Gasteiger partial charge on any atom is 0.249 e. The molecule has 3 nitrogen and oxygen atoms in total. The molecule has 18 heavy (non-hydrogen) atoms. The molecule has 3 N–H and O–H groups in total. The summed E-state index contributed by atoms with van der Waals surface area (Å²) < 4.78 is 0. The molecule has 2 fully saturated rings. The van der Waals surface area contributed by atoms with E-state index in [0.29, 0.717) is 11.6 Å². The third kappa shape index (κ3) is 2.56. The Balaban J connectivity index is 1.66. The average Bonchev–Trinajstić information content (AvgIpc) is 3.24. The van der Waals surface area contributed by atoms with E-state index < -0.39 is 0 Å². The van der Waals surface area contributed by atoms with Crippen LogP contribution in [-0.2, 0) is 6.54 Å². The fourth-order valence-corrected chi connectivity index (χ4v) is 2.77. The van der Waals surface area contributed by atoms with Gasteiger partial charge in [-0.1, -0.05) is 18.2 Å². The molecule has 96 valence electrons. The lowest BCUT2D eigenvalue weighted by molar-refractivity contribution is 0.0999. The first-order valence-electron chi connectivity index (χ1n) is 6.87. The first kappa shape index (κ1) is 11.7. The van der Waals surface area contributed by atoms with E-state index in [0.717, 1.165) is 23.9 Å². The Morgan fingerprint density at radius 1 is 1.22 bits per heavy atom. The van der Waals surface area contributed by atoms with Crippen molar-refractivity contribution in [2.75, 3.05) is 0 Å². The molecule has 0 saturated heterocycles. The van der Waals surface area contributed by atoms with Crippen LogP contribution in [0.15, 0.2) is 24.3 Å². The van der Waals surface area contributed by atoms with Crippen molar-refractivity contribution in [1.82, 2.24) is 5.32 Å². The molecule has 0 spiro atoms. The maximum atomic E-state index is 11.4. The first-order valence-corrected chi connectivity index (χ1v) is 6.87. The van der Waals surface area contributed by atoms with Crippen molar-refractivity contribution in [3.05, 3.63) is 35.4 Å². The standard InChI is InChI=1S/C15H20N2O/c16-15(18)13-4-2-1-3-12(13)9-17-14(10-5-6-10)11-7-8-11/h1-4,10-11,14,17H,5-9H2,(H2,16,18). The van der Waals surface area contributed by atoms with Gasteiger partial charge in [0.25, 0.3) is 0 Å². The van der Waals surface area contributed by atoms with Crippen LogP contribution in [0, 0.1) is 11.8 Å². The number of carbonyl (C=O) groups excluding carboxylic acids is 1. The predicted molar refractivity (Wildman–Crippen MR) is 71.0 cm³/mol. The van der Waals surface area contributed by atoms with Crippen LogP contribution in [0.3, 0.4) is 0 Å². The van der Waals surface area contributed by atoms with Crippen molar-refractivity contribution < 1.29 is 4.79 Å². The van der Waals surface area contributed by atoms with Gasteiger partial charge in [-0.3, -0.25) is 4.79 Å². The number of primary amides is 1. The highest BCUT2D eigenvalue weighted by molar-refractivity contribution is 5.94. The third-order valence-corrected chi connectivity index (χ3v) is 4.07. The monoisotopic (exact) mass is 244 g/mol. The van der Waals surface area contributed by atoms with Gasteiger partial charge in [-0.05, 0) is 49.1 Å². The topological polar surface area (TPSA) is 55.1 Å². The summed E-state index contributed by atoms with van der Waals surface area (Å²) in [6.45, 7) is 0.761. The van der Waals surface area contributed by atoms with Gasteiger partial charge < -0.3 is 11.1 Å². The number of rotatable bonds is 6. The Kier molecular flexibility index (Phi) is 3.08. The van der Waals surface area contributed by atoms with E-state index >= 15 is 0 Å². The zero-order valence-electron chi connectivity index (χ0n) is 10.6. The predicted octanol–water partition coefficient (Wildman–Crippen LogP) is 2.06. The largest absolute Gasteiger partial charge is 0.366 e. The van der Waals surface area contributed by atoms with Crippen LogP contribution >= 0.6 is 0 Å². The Hall–Kier alpha value is -1.35. The van der Waals surface area contributed by atoms with Crippen molar-refractivity contribution in [2.45, 2.75) is 38.3 Å². The van der Waals surface area contributed by atoms with E-state index in [1.165, 1.54) is 25.7 Å². The molecule has 0 aliphatic heterocycles. The van der Waals surface area contributed by atoms with E-state index in [9.17, 15) is 4.79 Å². The van der Waals surface area contributed by atoms with E-state index in [1.54, 1.807) is 0 Å². The highest BCUT2D eigenvalue weighted by atomic mass is 16.1. The van der Waals surface area contributed by atoms with Gasteiger partial charge in [0.05, 0.1) is 0 Å². The second-order valence-corrected chi connectivity index (χ2v) is 5.60. The van der Waals surface area contributed by atoms with Crippen LogP contribution in [0.5, 0.6) is 0 Å². The lowest BCUT2D eigenvalue weighted by atomic mass is 10.0. The number of hydrogen-bond acceptors (Lipinski definition) is 2. The van der Waals surface area contributed by atoms with Crippen LogP contribution in [0.25, 0.3) is 0 Å². The SMILES string of the molecule is NC(=O)c1ccccc1CNC(C1CC1)C1CC1. The average molecular weight is 244 g/mol. The highest BCUT2D eigenvalue weighted by Gasteiger charge is 2.40. The van der Waals surface area contributed by atoms with Gasteiger partial charge in [-0.2, -0.15) is 0 Å². The Morgan fingerprint density at radius 3 is 2.39 bits per heavy atom. The first-order chi connectivity index (χ1) is 8.75. The molecule has 2 aliphatic carbocycles. The summed E-state index contributed by atoms with van der Waals surface area (Å²) in [5, 5.41) is 3.65. The summed E-state index contributed by atoms with van der Waals surface area (Å²) in [7, 11) is 0. The molecule has 0 radical (unpaired) electrons. The minimum atomic E-state index is -0.332. The summed E-state index contributed by atoms with van der Waals surface area (Å²) in [6.07, 6.45) is 5.47. The molecule has 3 heteroatoms. The molecule has 2 saturated carbocycles. The molecule has 0 bridgehead atoms. The van der Waals surface area contributed by atoms with Gasteiger partial charge in [0.1, 0.15) is 0 Å². The number of hydrogen-bond donors (Lipinski definition) is 2. The summed E-state index contributed by atoms with van der Waals surface area (Å²) in [6, 6.07) is 8.29. The van der Waals surface area contributed by atoms with Crippen molar-refractivity contribution in [3.8, 4) is 0 Å². The molecule has 1 aromatic carbocycles.